The highest BCUT2D eigenvalue weighted by atomic mass is 17.1. The Morgan fingerprint density at radius 2 is 1.80 bits per heavy atom. The zero-order chi connectivity index (χ0) is 12.3. The second-order valence-electron chi connectivity index (χ2n) is 2.12. The Morgan fingerprint density at radius 3 is 2.00 bits per heavy atom. The number of hydrogen-bond acceptors (Lipinski definition) is 6. The van der Waals surface area contributed by atoms with Crippen molar-refractivity contribution in [2.75, 3.05) is 0 Å². The Morgan fingerprint density at radius 1 is 1.33 bits per heavy atom. The molecule has 0 amide bonds. The average Bonchev–Trinajstić information content (AvgIpc) is 2.28. The van der Waals surface area contributed by atoms with Gasteiger partial charge in [-0.25, -0.2) is 9.59 Å². The van der Waals surface area contributed by atoms with E-state index in [1.165, 1.54) is 0 Å². The third-order valence-electron chi connectivity index (χ3n) is 1.02. The maximum absolute atomic E-state index is 10.3. The minimum Gasteiger partial charge on any atom is -0.433 e. The van der Waals surface area contributed by atoms with Gasteiger partial charge < -0.3 is 9.84 Å². The SMILES string of the molecule is C=CC(=O)OC(O)CC.C=CC(=O)OO. The lowest BCUT2D eigenvalue weighted by Gasteiger charge is -2.05. The molecule has 0 saturated heterocycles. The summed E-state index contributed by atoms with van der Waals surface area (Å²) < 4.78 is 4.35. The molecule has 0 aliphatic rings. The van der Waals surface area contributed by atoms with Crippen molar-refractivity contribution in [3.05, 3.63) is 25.3 Å². The first-order chi connectivity index (χ1) is 7.01. The third-order valence-corrected chi connectivity index (χ3v) is 1.02. The van der Waals surface area contributed by atoms with Crippen molar-refractivity contribution in [2.45, 2.75) is 19.6 Å². The zero-order valence-corrected chi connectivity index (χ0v) is 8.38. The van der Waals surface area contributed by atoms with Crippen LogP contribution < -0.4 is 0 Å². The van der Waals surface area contributed by atoms with Gasteiger partial charge in [0.1, 0.15) is 0 Å². The first-order valence-electron chi connectivity index (χ1n) is 4.00. The highest BCUT2D eigenvalue weighted by Gasteiger charge is 2.02. The molecule has 0 heterocycles. The summed E-state index contributed by atoms with van der Waals surface area (Å²) in [5.74, 6) is -1.43. The number of aliphatic hydroxyl groups is 1. The van der Waals surface area contributed by atoms with Gasteiger partial charge in [0.25, 0.3) is 0 Å². The van der Waals surface area contributed by atoms with Crippen LogP contribution in [0.1, 0.15) is 13.3 Å². The van der Waals surface area contributed by atoms with E-state index in [9.17, 15) is 9.59 Å². The number of ether oxygens (including phenoxy) is 1. The second-order valence-corrected chi connectivity index (χ2v) is 2.12. The van der Waals surface area contributed by atoms with Crippen LogP contribution in [0.3, 0.4) is 0 Å². The summed E-state index contributed by atoms with van der Waals surface area (Å²) in [5, 5.41) is 16.1. The van der Waals surface area contributed by atoms with Crippen molar-refractivity contribution < 1.29 is 29.6 Å². The van der Waals surface area contributed by atoms with Crippen molar-refractivity contribution in [2.24, 2.45) is 0 Å². The van der Waals surface area contributed by atoms with Crippen LogP contribution in [0.2, 0.25) is 0 Å². The van der Waals surface area contributed by atoms with E-state index in [1.54, 1.807) is 6.92 Å². The molecule has 0 saturated carbocycles. The molecule has 0 aliphatic carbocycles. The van der Waals surface area contributed by atoms with Gasteiger partial charge >= 0.3 is 11.9 Å². The highest BCUT2D eigenvalue weighted by Crippen LogP contribution is 1.92. The Hall–Kier alpha value is -1.66. The monoisotopic (exact) mass is 218 g/mol. The molecule has 86 valence electrons. The van der Waals surface area contributed by atoms with E-state index < -0.39 is 18.2 Å². The van der Waals surface area contributed by atoms with E-state index in [-0.39, 0.29) is 0 Å². The summed E-state index contributed by atoms with van der Waals surface area (Å²) in [4.78, 5) is 23.0. The van der Waals surface area contributed by atoms with Gasteiger partial charge in [-0.05, 0) is 0 Å². The molecule has 1 atom stereocenters. The molecule has 0 aromatic rings. The molecule has 0 fully saturated rings. The van der Waals surface area contributed by atoms with E-state index in [2.05, 4.69) is 22.8 Å². The molecule has 15 heavy (non-hydrogen) atoms. The van der Waals surface area contributed by atoms with Crippen molar-refractivity contribution in [3.8, 4) is 0 Å². The third kappa shape index (κ3) is 12.3. The van der Waals surface area contributed by atoms with Crippen molar-refractivity contribution >= 4 is 11.9 Å². The van der Waals surface area contributed by atoms with Crippen molar-refractivity contribution in [1.29, 1.82) is 0 Å². The van der Waals surface area contributed by atoms with Crippen LogP contribution in [-0.2, 0) is 19.2 Å². The van der Waals surface area contributed by atoms with Crippen LogP contribution >= 0.6 is 0 Å². The normalized spacial score (nSPS) is 10.1. The maximum atomic E-state index is 10.3. The minimum atomic E-state index is -0.990. The Kier molecular flexibility index (Phi) is 11.0. The number of aliphatic hydroxyl groups excluding tert-OH is 1. The Bertz CT molecular complexity index is 223. The van der Waals surface area contributed by atoms with Gasteiger partial charge in [0.15, 0.2) is 0 Å². The van der Waals surface area contributed by atoms with Crippen LogP contribution in [-0.4, -0.2) is 28.6 Å². The van der Waals surface area contributed by atoms with Gasteiger partial charge in [0.2, 0.25) is 6.29 Å². The lowest BCUT2D eigenvalue weighted by atomic mass is 10.5. The van der Waals surface area contributed by atoms with E-state index in [0.29, 0.717) is 6.42 Å². The lowest BCUT2D eigenvalue weighted by Crippen LogP contribution is -2.14. The summed E-state index contributed by atoms with van der Waals surface area (Å²) in [5.41, 5.74) is 0. The summed E-state index contributed by atoms with van der Waals surface area (Å²) in [6.45, 7) is 7.87. The Labute approximate surface area is 87.4 Å². The fraction of sp³-hybridized carbons (Fsp3) is 0.333. The predicted molar refractivity (Wildman–Crippen MR) is 51.5 cm³/mol. The maximum Gasteiger partial charge on any atom is 0.365 e. The van der Waals surface area contributed by atoms with Crippen LogP contribution in [0.25, 0.3) is 0 Å². The van der Waals surface area contributed by atoms with Crippen LogP contribution in [0.5, 0.6) is 0 Å². The Balaban J connectivity index is 0. The summed E-state index contributed by atoms with van der Waals surface area (Å²) in [6, 6.07) is 0. The van der Waals surface area contributed by atoms with Gasteiger partial charge in [0.05, 0.1) is 0 Å². The van der Waals surface area contributed by atoms with Gasteiger partial charge in [-0.15, -0.1) is 0 Å². The van der Waals surface area contributed by atoms with Crippen molar-refractivity contribution in [1.82, 2.24) is 0 Å². The molecule has 2 N–H and O–H groups in total. The average molecular weight is 218 g/mol. The molecular weight excluding hydrogens is 204 g/mol. The van der Waals surface area contributed by atoms with Gasteiger partial charge in [-0.2, -0.15) is 5.26 Å². The van der Waals surface area contributed by atoms with E-state index in [0.717, 1.165) is 12.2 Å². The highest BCUT2D eigenvalue weighted by molar-refractivity contribution is 5.81. The zero-order valence-electron chi connectivity index (χ0n) is 8.38. The first kappa shape index (κ1) is 15.8. The van der Waals surface area contributed by atoms with E-state index in [1.807, 2.05) is 0 Å². The largest absolute Gasteiger partial charge is 0.433 e. The number of rotatable bonds is 4. The number of hydrogen-bond donors (Lipinski definition) is 2. The fourth-order valence-corrected chi connectivity index (χ4v) is 0.303. The van der Waals surface area contributed by atoms with Crippen LogP contribution in [0.4, 0.5) is 0 Å². The summed E-state index contributed by atoms with van der Waals surface area (Å²) >= 11 is 0. The summed E-state index contributed by atoms with van der Waals surface area (Å²) in [7, 11) is 0. The standard InChI is InChI=1S/C6H10O3.C3H4O3/c1-3-5(7)9-6(8)4-2;1-2-3(4)6-5/h3,6,8H,1,4H2,2H3;2,5H,1H2. The number of esters is 1. The smallest absolute Gasteiger partial charge is 0.365 e. The molecular formula is C9H14O6. The molecule has 0 bridgehead atoms. The number of carbonyl (C=O) groups is 2. The molecule has 0 aliphatic heterocycles. The predicted octanol–water partition coefficient (Wildman–Crippen LogP) is 0.633. The van der Waals surface area contributed by atoms with E-state index >= 15 is 0 Å². The van der Waals surface area contributed by atoms with Crippen LogP contribution in [0, 0.1) is 0 Å². The van der Waals surface area contributed by atoms with Crippen molar-refractivity contribution in [3.63, 3.8) is 0 Å². The van der Waals surface area contributed by atoms with Gasteiger partial charge in [-0.1, -0.05) is 20.1 Å². The fourth-order valence-electron chi connectivity index (χ4n) is 0.303. The van der Waals surface area contributed by atoms with Gasteiger partial charge in [0, 0.05) is 18.6 Å². The molecule has 6 nitrogen and oxygen atoms in total. The molecule has 0 aromatic carbocycles. The second kappa shape index (κ2) is 10.4. The lowest BCUT2D eigenvalue weighted by molar-refractivity contribution is -0.228. The molecule has 0 aromatic heterocycles. The molecule has 0 spiro atoms. The summed E-state index contributed by atoms with van der Waals surface area (Å²) in [6.07, 6.45) is 1.29. The first-order valence-corrected chi connectivity index (χ1v) is 4.00. The van der Waals surface area contributed by atoms with Crippen LogP contribution in [0.15, 0.2) is 25.3 Å². The van der Waals surface area contributed by atoms with E-state index in [4.69, 9.17) is 10.4 Å². The topological polar surface area (TPSA) is 93.1 Å². The molecule has 0 rings (SSSR count). The number of carbonyl (C=O) groups excluding carboxylic acids is 2. The molecule has 0 radical (unpaired) electrons. The quantitative estimate of drug-likeness (QED) is 0.236. The molecule has 1 unspecified atom stereocenters. The minimum absolute atomic E-state index is 0.402. The van der Waals surface area contributed by atoms with Gasteiger partial charge in [-0.3, -0.25) is 4.89 Å². The molecule has 6 heteroatoms.